The van der Waals surface area contributed by atoms with Crippen LogP contribution < -0.4 is 5.73 Å². The summed E-state index contributed by atoms with van der Waals surface area (Å²) in [7, 11) is 0. The third-order valence-corrected chi connectivity index (χ3v) is 3.26. The van der Waals surface area contributed by atoms with Crippen molar-refractivity contribution in [2.75, 3.05) is 6.54 Å². The molecule has 2 rings (SSSR count). The molecule has 92 valence electrons. The molecular formula is C12H14F2N2O. The van der Waals surface area contributed by atoms with Crippen molar-refractivity contribution in [3.63, 3.8) is 0 Å². The van der Waals surface area contributed by atoms with E-state index in [1.165, 1.54) is 17.0 Å². The molecule has 17 heavy (non-hydrogen) atoms. The van der Waals surface area contributed by atoms with Crippen LogP contribution in [0.3, 0.4) is 0 Å². The highest BCUT2D eigenvalue weighted by molar-refractivity contribution is 5.95. The van der Waals surface area contributed by atoms with Crippen LogP contribution in [0.4, 0.5) is 8.78 Å². The topological polar surface area (TPSA) is 46.3 Å². The van der Waals surface area contributed by atoms with E-state index in [0.29, 0.717) is 13.0 Å². The zero-order valence-corrected chi connectivity index (χ0v) is 9.49. The Labute approximate surface area is 98.2 Å². The van der Waals surface area contributed by atoms with E-state index in [1.807, 2.05) is 6.92 Å². The smallest absolute Gasteiger partial charge is 0.257 e. The van der Waals surface area contributed by atoms with Crippen LogP contribution in [0.15, 0.2) is 18.2 Å². The molecule has 1 fully saturated rings. The normalized spacial score (nSPS) is 24.1. The first-order valence-electron chi connectivity index (χ1n) is 5.53. The van der Waals surface area contributed by atoms with Gasteiger partial charge in [0.25, 0.3) is 5.91 Å². The number of hydrogen-bond acceptors (Lipinski definition) is 2. The fraction of sp³-hybridized carbons (Fsp3) is 0.417. The zero-order valence-electron chi connectivity index (χ0n) is 9.49. The van der Waals surface area contributed by atoms with Crippen LogP contribution in [0.2, 0.25) is 0 Å². The molecule has 0 bridgehead atoms. The molecule has 2 N–H and O–H groups in total. The van der Waals surface area contributed by atoms with E-state index in [2.05, 4.69) is 0 Å². The summed E-state index contributed by atoms with van der Waals surface area (Å²) in [6.07, 6.45) is 0.684. The molecule has 0 saturated carbocycles. The summed E-state index contributed by atoms with van der Waals surface area (Å²) in [4.78, 5) is 13.5. The van der Waals surface area contributed by atoms with Crippen molar-refractivity contribution in [2.45, 2.75) is 25.4 Å². The van der Waals surface area contributed by atoms with E-state index >= 15 is 0 Å². The third-order valence-electron chi connectivity index (χ3n) is 3.26. The second-order valence-electron chi connectivity index (χ2n) is 4.29. The van der Waals surface area contributed by atoms with Crippen molar-refractivity contribution in [2.24, 2.45) is 5.73 Å². The van der Waals surface area contributed by atoms with E-state index in [1.54, 1.807) is 0 Å². The van der Waals surface area contributed by atoms with Crippen molar-refractivity contribution < 1.29 is 13.6 Å². The van der Waals surface area contributed by atoms with Crippen molar-refractivity contribution in [3.8, 4) is 0 Å². The van der Waals surface area contributed by atoms with Gasteiger partial charge >= 0.3 is 0 Å². The minimum Gasteiger partial charge on any atom is -0.334 e. The highest BCUT2D eigenvalue weighted by atomic mass is 19.2. The lowest BCUT2D eigenvalue weighted by Gasteiger charge is -2.23. The third kappa shape index (κ3) is 2.02. The Hall–Kier alpha value is -1.49. The van der Waals surface area contributed by atoms with Crippen molar-refractivity contribution in [3.05, 3.63) is 35.4 Å². The predicted octanol–water partition coefficient (Wildman–Crippen LogP) is 1.53. The highest BCUT2D eigenvalue weighted by Gasteiger charge is 2.33. The first kappa shape index (κ1) is 12.0. The van der Waals surface area contributed by atoms with Crippen molar-refractivity contribution >= 4 is 5.91 Å². The Morgan fingerprint density at radius 1 is 1.47 bits per heavy atom. The van der Waals surface area contributed by atoms with Crippen LogP contribution in [-0.2, 0) is 0 Å². The second-order valence-corrected chi connectivity index (χ2v) is 4.29. The van der Waals surface area contributed by atoms with Gasteiger partial charge in [0.15, 0.2) is 11.6 Å². The summed E-state index contributed by atoms with van der Waals surface area (Å²) in [5.41, 5.74) is 5.56. The number of likely N-dealkylation sites (tertiary alicyclic amines) is 1. The van der Waals surface area contributed by atoms with E-state index < -0.39 is 17.5 Å². The lowest BCUT2D eigenvalue weighted by atomic mass is 10.1. The number of rotatable bonds is 1. The van der Waals surface area contributed by atoms with Crippen LogP contribution in [0.5, 0.6) is 0 Å². The summed E-state index contributed by atoms with van der Waals surface area (Å²) >= 11 is 0. The molecule has 1 aliphatic rings. The molecule has 1 aromatic carbocycles. The highest BCUT2D eigenvalue weighted by Crippen LogP contribution is 2.21. The monoisotopic (exact) mass is 240 g/mol. The average molecular weight is 240 g/mol. The first-order chi connectivity index (χ1) is 8.02. The zero-order chi connectivity index (χ0) is 12.6. The quantitative estimate of drug-likeness (QED) is 0.809. The van der Waals surface area contributed by atoms with Crippen LogP contribution >= 0.6 is 0 Å². The molecule has 0 spiro atoms. The van der Waals surface area contributed by atoms with Gasteiger partial charge in [-0.2, -0.15) is 0 Å². The molecule has 2 unspecified atom stereocenters. The number of carbonyl (C=O) groups excluding carboxylic acids is 1. The number of nitrogens with two attached hydrogens (primary N) is 1. The van der Waals surface area contributed by atoms with E-state index in [-0.39, 0.29) is 17.6 Å². The Bertz CT molecular complexity index is 450. The molecule has 2 atom stereocenters. The van der Waals surface area contributed by atoms with Gasteiger partial charge in [-0.05, 0) is 25.5 Å². The molecule has 1 aliphatic heterocycles. The summed E-state index contributed by atoms with van der Waals surface area (Å²) in [6.45, 7) is 2.30. The fourth-order valence-electron chi connectivity index (χ4n) is 2.07. The number of halogens is 2. The predicted molar refractivity (Wildman–Crippen MR) is 59.4 cm³/mol. The largest absolute Gasteiger partial charge is 0.334 e. The van der Waals surface area contributed by atoms with Crippen LogP contribution in [-0.4, -0.2) is 29.4 Å². The van der Waals surface area contributed by atoms with E-state index in [4.69, 9.17) is 5.73 Å². The standard InChI is InChI=1S/C12H14F2N2O/c1-7-10(15)5-6-16(7)12(17)8-3-2-4-9(13)11(8)14/h2-4,7,10H,5-6,15H2,1H3. The van der Waals surface area contributed by atoms with Gasteiger partial charge in [-0.3, -0.25) is 4.79 Å². The van der Waals surface area contributed by atoms with Gasteiger partial charge in [0, 0.05) is 18.6 Å². The van der Waals surface area contributed by atoms with Crippen molar-refractivity contribution in [1.82, 2.24) is 4.90 Å². The van der Waals surface area contributed by atoms with Gasteiger partial charge in [-0.15, -0.1) is 0 Å². The minimum absolute atomic E-state index is 0.101. The molecule has 3 nitrogen and oxygen atoms in total. The lowest BCUT2D eigenvalue weighted by Crippen LogP contribution is -2.40. The van der Waals surface area contributed by atoms with Crippen LogP contribution in [0.1, 0.15) is 23.7 Å². The van der Waals surface area contributed by atoms with Gasteiger partial charge in [0.05, 0.1) is 5.56 Å². The van der Waals surface area contributed by atoms with Crippen molar-refractivity contribution in [1.29, 1.82) is 0 Å². The lowest BCUT2D eigenvalue weighted by molar-refractivity contribution is 0.0736. The number of nitrogens with zero attached hydrogens (tertiary/aromatic N) is 1. The number of amides is 1. The second kappa shape index (κ2) is 4.41. The maximum Gasteiger partial charge on any atom is 0.257 e. The number of benzene rings is 1. The summed E-state index contributed by atoms with van der Waals surface area (Å²) in [5, 5.41) is 0. The maximum absolute atomic E-state index is 13.5. The number of carbonyl (C=O) groups is 1. The molecule has 0 aromatic heterocycles. The van der Waals surface area contributed by atoms with Gasteiger partial charge in [-0.25, -0.2) is 8.78 Å². The molecule has 1 amide bonds. The Morgan fingerprint density at radius 2 is 2.18 bits per heavy atom. The summed E-state index contributed by atoms with van der Waals surface area (Å²) < 4.78 is 26.5. The molecule has 1 saturated heterocycles. The molecule has 0 aliphatic carbocycles. The molecule has 1 heterocycles. The molecule has 1 aromatic rings. The molecular weight excluding hydrogens is 226 g/mol. The summed E-state index contributed by atoms with van der Waals surface area (Å²) in [5.74, 6) is -2.60. The number of hydrogen-bond donors (Lipinski definition) is 1. The van der Waals surface area contributed by atoms with E-state index in [0.717, 1.165) is 6.07 Å². The molecule has 0 radical (unpaired) electrons. The van der Waals surface area contributed by atoms with Gasteiger partial charge in [0.2, 0.25) is 0 Å². The van der Waals surface area contributed by atoms with Gasteiger partial charge < -0.3 is 10.6 Å². The Balaban J connectivity index is 2.29. The Morgan fingerprint density at radius 3 is 2.76 bits per heavy atom. The first-order valence-corrected chi connectivity index (χ1v) is 5.53. The molecule has 5 heteroatoms. The minimum atomic E-state index is -1.09. The maximum atomic E-state index is 13.5. The van der Waals surface area contributed by atoms with E-state index in [9.17, 15) is 13.6 Å². The van der Waals surface area contributed by atoms with Crippen LogP contribution in [0, 0.1) is 11.6 Å². The van der Waals surface area contributed by atoms with Gasteiger partial charge in [0.1, 0.15) is 0 Å². The fourth-order valence-corrected chi connectivity index (χ4v) is 2.07. The SMILES string of the molecule is CC1C(N)CCN1C(=O)c1cccc(F)c1F. The van der Waals surface area contributed by atoms with Gasteiger partial charge in [-0.1, -0.05) is 6.07 Å². The summed E-state index contributed by atoms with van der Waals surface area (Å²) in [6, 6.07) is 3.36. The Kier molecular flexibility index (Phi) is 3.11. The average Bonchev–Trinajstić information content (AvgIpc) is 2.63. The van der Waals surface area contributed by atoms with Crippen LogP contribution in [0.25, 0.3) is 0 Å².